The Balaban J connectivity index is 1.48. The van der Waals surface area contributed by atoms with E-state index in [0.717, 1.165) is 43.2 Å². The summed E-state index contributed by atoms with van der Waals surface area (Å²) in [6.45, 7) is 2.19. The first-order valence-electron chi connectivity index (χ1n) is 11.6. The number of rotatable bonds is 6. The molecule has 0 bridgehead atoms. The van der Waals surface area contributed by atoms with Crippen LogP contribution in [0, 0.1) is 23.4 Å². The van der Waals surface area contributed by atoms with Gasteiger partial charge in [-0.1, -0.05) is 61.9 Å². The molecule has 1 fully saturated rings. The summed E-state index contributed by atoms with van der Waals surface area (Å²) >= 11 is 0. The molecule has 4 heteroatoms. The van der Waals surface area contributed by atoms with Crippen molar-refractivity contribution < 1.29 is 17.9 Å². The van der Waals surface area contributed by atoms with Crippen LogP contribution in [0.4, 0.5) is 13.2 Å². The zero-order valence-electron chi connectivity index (χ0n) is 19.1. The third-order valence-electron chi connectivity index (χ3n) is 6.86. The van der Waals surface area contributed by atoms with Crippen LogP contribution in [0.5, 0.6) is 5.75 Å². The molecule has 1 saturated carbocycles. The van der Waals surface area contributed by atoms with Gasteiger partial charge in [-0.25, -0.2) is 13.2 Å². The standard InChI is InChI=1S/C29H29F3O/c1-3-19-4-9-22(10-5-19)26-16-14-23(28(31)29(26)32)13-8-20-6-11-21(12-7-20)25-17-15-24(33-2)18-27(25)30/h6-8,11-19,22H,3-5,9-10H2,1-2H3/b13-8+. The van der Waals surface area contributed by atoms with Gasteiger partial charge in [0.05, 0.1) is 7.11 Å². The van der Waals surface area contributed by atoms with E-state index < -0.39 is 11.6 Å². The topological polar surface area (TPSA) is 9.23 Å². The van der Waals surface area contributed by atoms with Crippen LogP contribution in [0.3, 0.4) is 0 Å². The molecular formula is C29H29F3O. The molecule has 1 aliphatic carbocycles. The van der Waals surface area contributed by atoms with Gasteiger partial charge >= 0.3 is 0 Å². The van der Waals surface area contributed by atoms with Crippen LogP contribution in [0.2, 0.25) is 0 Å². The highest BCUT2D eigenvalue weighted by atomic mass is 19.2. The van der Waals surface area contributed by atoms with Gasteiger partial charge < -0.3 is 4.74 Å². The van der Waals surface area contributed by atoms with Crippen LogP contribution in [0.1, 0.15) is 61.6 Å². The molecule has 3 aromatic rings. The van der Waals surface area contributed by atoms with Gasteiger partial charge in [-0.15, -0.1) is 0 Å². The lowest BCUT2D eigenvalue weighted by molar-refractivity contribution is 0.312. The van der Waals surface area contributed by atoms with Gasteiger partial charge in [0.1, 0.15) is 11.6 Å². The third kappa shape index (κ3) is 5.16. The molecule has 0 radical (unpaired) electrons. The monoisotopic (exact) mass is 450 g/mol. The van der Waals surface area contributed by atoms with Gasteiger partial charge in [-0.2, -0.15) is 0 Å². The highest BCUT2D eigenvalue weighted by Gasteiger charge is 2.25. The molecule has 0 N–H and O–H groups in total. The number of hydrogen-bond acceptors (Lipinski definition) is 1. The first kappa shape index (κ1) is 23.2. The molecule has 0 atom stereocenters. The minimum Gasteiger partial charge on any atom is -0.497 e. The van der Waals surface area contributed by atoms with Crippen LogP contribution >= 0.6 is 0 Å². The average molecular weight is 451 g/mol. The molecule has 0 unspecified atom stereocenters. The van der Waals surface area contributed by atoms with Crippen molar-refractivity contribution in [3.8, 4) is 16.9 Å². The SMILES string of the molecule is CCC1CCC(c2ccc(/C=C/c3ccc(-c4ccc(OC)cc4F)cc3)c(F)c2F)CC1. The Kier molecular flexibility index (Phi) is 7.22. The molecule has 4 rings (SSSR count). The van der Waals surface area contributed by atoms with Crippen molar-refractivity contribution in [1.82, 2.24) is 0 Å². The summed E-state index contributed by atoms with van der Waals surface area (Å²) in [6.07, 6.45) is 8.48. The Morgan fingerprint density at radius 3 is 2.21 bits per heavy atom. The van der Waals surface area contributed by atoms with Gasteiger partial charge in [0.15, 0.2) is 11.6 Å². The van der Waals surface area contributed by atoms with E-state index in [2.05, 4.69) is 6.92 Å². The molecule has 33 heavy (non-hydrogen) atoms. The molecule has 0 heterocycles. The van der Waals surface area contributed by atoms with Gasteiger partial charge in [-0.3, -0.25) is 0 Å². The molecule has 0 saturated heterocycles. The van der Waals surface area contributed by atoms with Crippen molar-refractivity contribution in [2.75, 3.05) is 7.11 Å². The molecule has 0 spiro atoms. The first-order chi connectivity index (χ1) is 16.0. The Hall–Kier alpha value is -3.01. The molecule has 3 aromatic carbocycles. The maximum atomic E-state index is 14.8. The molecule has 0 amide bonds. The van der Waals surface area contributed by atoms with E-state index in [4.69, 9.17) is 4.74 Å². The average Bonchev–Trinajstić information content (AvgIpc) is 2.85. The van der Waals surface area contributed by atoms with Crippen LogP contribution in [-0.4, -0.2) is 7.11 Å². The number of ether oxygens (including phenoxy) is 1. The summed E-state index contributed by atoms with van der Waals surface area (Å²) in [5, 5.41) is 0. The molecule has 0 aliphatic heterocycles. The highest BCUT2D eigenvalue weighted by Crippen LogP contribution is 2.38. The fourth-order valence-electron chi connectivity index (χ4n) is 4.72. The van der Waals surface area contributed by atoms with Crippen LogP contribution in [0.15, 0.2) is 54.6 Å². The van der Waals surface area contributed by atoms with E-state index in [0.29, 0.717) is 22.8 Å². The smallest absolute Gasteiger partial charge is 0.166 e. The lowest BCUT2D eigenvalue weighted by atomic mass is 9.77. The fourth-order valence-corrected chi connectivity index (χ4v) is 4.72. The number of benzene rings is 3. The summed E-state index contributed by atoms with van der Waals surface area (Å²) in [4.78, 5) is 0. The summed E-state index contributed by atoms with van der Waals surface area (Å²) in [5.74, 6) is -0.598. The molecule has 172 valence electrons. The summed E-state index contributed by atoms with van der Waals surface area (Å²) < 4.78 is 49.0. The van der Waals surface area contributed by atoms with E-state index in [-0.39, 0.29) is 17.3 Å². The van der Waals surface area contributed by atoms with E-state index in [1.165, 1.54) is 13.2 Å². The second kappa shape index (κ2) is 10.3. The van der Waals surface area contributed by atoms with E-state index in [9.17, 15) is 13.2 Å². The maximum absolute atomic E-state index is 14.8. The Morgan fingerprint density at radius 2 is 1.58 bits per heavy atom. The number of methoxy groups -OCH3 is 1. The minimum atomic E-state index is -0.793. The van der Waals surface area contributed by atoms with E-state index >= 15 is 0 Å². The minimum absolute atomic E-state index is 0.103. The largest absolute Gasteiger partial charge is 0.497 e. The molecule has 1 nitrogen and oxygen atoms in total. The Morgan fingerprint density at radius 1 is 0.848 bits per heavy atom. The van der Waals surface area contributed by atoms with Crippen molar-refractivity contribution >= 4 is 12.2 Å². The number of halogens is 3. The van der Waals surface area contributed by atoms with Crippen LogP contribution in [0.25, 0.3) is 23.3 Å². The van der Waals surface area contributed by atoms with Crippen molar-refractivity contribution in [3.63, 3.8) is 0 Å². The van der Waals surface area contributed by atoms with Crippen LogP contribution < -0.4 is 4.74 Å². The Labute approximate surface area is 193 Å². The zero-order chi connectivity index (χ0) is 23.4. The maximum Gasteiger partial charge on any atom is 0.166 e. The highest BCUT2D eigenvalue weighted by molar-refractivity contribution is 5.73. The zero-order valence-corrected chi connectivity index (χ0v) is 19.1. The number of hydrogen-bond donors (Lipinski definition) is 0. The Bertz CT molecular complexity index is 1130. The normalized spacial score (nSPS) is 18.6. The summed E-state index contributed by atoms with van der Waals surface area (Å²) in [7, 11) is 1.50. The van der Waals surface area contributed by atoms with Crippen molar-refractivity contribution in [1.29, 1.82) is 0 Å². The molecular weight excluding hydrogens is 421 g/mol. The summed E-state index contributed by atoms with van der Waals surface area (Å²) in [5.41, 5.74) is 2.75. The predicted molar refractivity (Wildman–Crippen MR) is 129 cm³/mol. The second-order valence-corrected chi connectivity index (χ2v) is 8.80. The van der Waals surface area contributed by atoms with Crippen LogP contribution in [-0.2, 0) is 0 Å². The third-order valence-corrected chi connectivity index (χ3v) is 6.86. The predicted octanol–water partition coefficient (Wildman–Crippen LogP) is 8.63. The van der Waals surface area contributed by atoms with E-state index in [1.807, 2.05) is 12.1 Å². The van der Waals surface area contributed by atoms with Crippen molar-refractivity contribution in [3.05, 3.63) is 88.7 Å². The van der Waals surface area contributed by atoms with Crippen molar-refractivity contribution in [2.24, 2.45) is 5.92 Å². The van der Waals surface area contributed by atoms with Gasteiger partial charge in [0.25, 0.3) is 0 Å². The second-order valence-electron chi connectivity index (χ2n) is 8.80. The lowest BCUT2D eigenvalue weighted by Gasteiger charge is -2.28. The van der Waals surface area contributed by atoms with Crippen molar-refractivity contribution in [2.45, 2.75) is 44.9 Å². The fraction of sp³-hybridized carbons (Fsp3) is 0.310. The van der Waals surface area contributed by atoms with Gasteiger partial charge in [0.2, 0.25) is 0 Å². The lowest BCUT2D eigenvalue weighted by Crippen LogP contribution is -2.14. The first-order valence-corrected chi connectivity index (χ1v) is 11.6. The molecule has 1 aliphatic rings. The summed E-state index contributed by atoms with van der Waals surface area (Å²) in [6, 6.07) is 15.4. The molecule has 0 aromatic heterocycles. The quantitative estimate of drug-likeness (QED) is 0.342. The van der Waals surface area contributed by atoms with Gasteiger partial charge in [-0.05, 0) is 66.3 Å². The van der Waals surface area contributed by atoms with E-state index in [1.54, 1.807) is 48.6 Å². The van der Waals surface area contributed by atoms with Gasteiger partial charge in [0, 0.05) is 17.2 Å².